The summed E-state index contributed by atoms with van der Waals surface area (Å²) in [6.45, 7) is 1.83. The number of carbonyl (C=O) groups excluding carboxylic acids is 1. The minimum absolute atomic E-state index is 0.239. The van der Waals surface area contributed by atoms with Gasteiger partial charge in [0.25, 0.3) is 0 Å². The van der Waals surface area contributed by atoms with E-state index in [1.54, 1.807) is 12.1 Å². The van der Waals surface area contributed by atoms with Crippen LogP contribution in [0, 0.1) is 0 Å². The van der Waals surface area contributed by atoms with Crippen LogP contribution in [0.4, 0.5) is 0 Å². The first kappa shape index (κ1) is 12.5. The van der Waals surface area contributed by atoms with Gasteiger partial charge in [0, 0.05) is 0 Å². The number of hydrogen-bond acceptors (Lipinski definition) is 4. The maximum atomic E-state index is 11.1. The topological polar surface area (TPSA) is 48.4 Å². The van der Waals surface area contributed by atoms with Gasteiger partial charge in [0.2, 0.25) is 0 Å². The summed E-state index contributed by atoms with van der Waals surface area (Å²) in [5.41, 5.74) is 0.239. The van der Waals surface area contributed by atoms with Gasteiger partial charge in [0.05, 0.1) is 19.2 Å². The summed E-state index contributed by atoms with van der Waals surface area (Å²) < 4.78 is 9.92. The molecule has 0 fully saturated rings. The highest BCUT2D eigenvalue weighted by molar-refractivity contribution is 6.19. The van der Waals surface area contributed by atoms with Crippen LogP contribution in [0.25, 0.3) is 0 Å². The van der Waals surface area contributed by atoms with Gasteiger partial charge in [-0.25, -0.2) is 9.78 Å². The molecular formula is C11H12ClNO3. The highest BCUT2D eigenvalue weighted by atomic mass is 35.5. The van der Waals surface area contributed by atoms with E-state index in [0.717, 1.165) is 0 Å². The van der Waals surface area contributed by atoms with Gasteiger partial charge >= 0.3 is 5.97 Å². The first-order chi connectivity index (χ1) is 7.71. The zero-order valence-electron chi connectivity index (χ0n) is 9.07. The van der Waals surface area contributed by atoms with Gasteiger partial charge in [-0.2, -0.15) is 0 Å². The fourth-order valence-electron chi connectivity index (χ4n) is 0.981. The predicted molar refractivity (Wildman–Crippen MR) is 60.7 cm³/mol. The number of alkyl halides is 1. The average molecular weight is 242 g/mol. The third kappa shape index (κ3) is 3.24. The molecule has 0 amide bonds. The Balaban J connectivity index is 2.75. The van der Waals surface area contributed by atoms with Crippen molar-refractivity contribution in [1.82, 2.24) is 4.98 Å². The molecule has 0 radical (unpaired) electrons. The second-order valence-electron chi connectivity index (χ2n) is 2.86. The third-order valence-electron chi connectivity index (χ3n) is 1.83. The lowest BCUT2D eigenvalue weighted by Crippen LogP contribution is -2.04. The predicted octanol–water partition coefficient (Wildman–Crippen LogP) is 2.39. The van der Waals surface area contributed by atoms with Gasteiger partial charge in [0.15, 0.2) is 0 Å². The molecule has 4 nitrogen and oxygen atoms in total. The zero-order valence-corrected chi connectivity index (χ0v) is 9.82. The minimum Gasteiger partial charge on any atom is -0.464 e. The molecule has 1 aromatic heterocycles. The Hall–Kier alpha value is -1.55. The molecule has 0 bridgehead atoms. The van der Waals surface area contributed by atoms with Crippen LogP contribution in [-0.4, -0.2) is 23.9 Å². The number of rotatable bonds is 4. The Kier molecular flexibility index (Phi) is 4.79. The number of allylic oxidation sites excluding steroid dienone is 2. The van der Waals surface area contributed by atoms with Gasteiger partial charge in [-0.15, -0.1) is 11.6 Å². The van der Waals surface area contributed by atoms with Crippen molar-refractivity contribution >= 4 is 17.6 Å². The van der Waals surface area contributed by atoms with Crippen molar-refractivity contribution < 1.29 is 14.3 Å². The molecule has 1 aromatic rings. The first-order valence-electron chi connectivity index (χ1n) is 4.64. The van der Waals surface area contributed by atoms with E-state index < -0.39 is 5.97 Å². The summed E-state index contributed by atoms with van der Waals surface area (Å²) in [5.74, 6) is 0.973. The molecule has 5 heteroatoms. The maximum Gasteiger partial charge on any atom is 0.356 e. The van der Waals surface area contributed by atoms with Crippen LogP contribution in [-0.2, 0) is 4.74 Å². The number of halogens is 1. The number of methoxy groups -OCH3 is 1. The molecule has 0 aromatic carbocycles. The molecule has 0 aliphatic rings. The Morgan fingerprint density at radius 3 is 2.75 bits per heavy atom. The number of carbonyl (C=O) groups is 1. The summed E-state index contributed by atoms with van der Waals surface area (Å²) in [5, 5.41) is 0. The van der Waals surface area contributed by atoms with Crippen molar-refractivity contribution in [3.63, 3.8) is 0 Å². The quantitative estimate of drug-likeness (QED) is 0.461. The van der Waals surface area contributed by atoms with Crippen LogP contribution in [0.5, 0.6) is 5.75 Å². The van der Waals surface area contributed by atoms with E-state index in [-0.39, 0.29) is 11.6 Å². The maximum absolute atomic E-state index is 11.1. The summed E-state index contributed by atoms with van der Waals surface area (Å²) in [7, 11) is 1.31. The molecule has 1 heterocycles. The third-order valence-corrected chi connectivity index (χ3v) is 2.10. The molecule has 0 saturated heterocycles. The van der Waals surface area contributed by atoms with Gasteiger partial charge in [-0.3, -0.25) is 0 Å². The van der Waals surface area contributed by atoms with Crippen molar-refractivity contribution in [2.75, 3.05) is 13.0 Å². The molecule has 0 N–H and O–H groups in total. The van der Waals surface area contributed by atoms with Crippen LogP contribution in [0.3, 0.4) is 0 Å². The second kappa shape index (κ2) is 6.12. The van der Waals surface area contributed by atoms with Gasteiger partial charge in [-0.05, 0) is 25.1 Å². The molecule has 0 spiro atoms. The minimum atomic E-state index is -0.477. The number of ether oxygens (including phenoxy) is 2. The Morgan fingerprint density at radius 1 is 1.56 bits per heavy atom. The summed E-state index contributed by atoms with van der Waals surface area (Å²) in [6.07, 6.45) is 3.21. The summed E-state index contributed by atoms with van der Waals surface area (Å²) in [6, 6.07) is 3.16. The van der Waals surface area contributed by atoms with Crippen LogP contribution >= 0.6 is 11.6 Å². The van der Waals surface area contributed by atoms with Crippen LogP contribution in [0.15, 0.2) is 30.2 Å². The van der Waals surface area contributed by atoms with E-state index in [1.807, 2.05) is 6.92 Å². The first-order valence-corrected chi connectivity index (χ1v) is 5.18. The normalized spacial score (nSPS) is 11.1. The molecule has 16 heavy (non-hydrogen) atoms. The number of nitrogens with zero attached hydrogens (tertiary/aromatic N) is 1. The lowest BCUT2D eigenvalue weighted by molar-refractivity contribution is 0.0594. The highest BCUT2D eigenvalue weighted by Crippen LogP contribution is 2.14. The van der Waals surface area contributed by atoms with E-state index >= 15 is 0 Å². The molecule has 1 rings (SSSR count). The Morgan fingerprint density at radius 2 is 2.31 bits per heavy atom. The van der Waals surface area contributed by atoms with E-state index in [1.165, 1.54) is 19.4 Å². The number of pyridine rings is 1. The largest absolute Gasteiger partial charge is 0.464 e. The Bertz CT molecular complexity index is 387. The number of hydrogen-bond donors (Lipinski definition) is 0. The van der Waals surface area contributed by atoms with Gasteiger partial charge in [-0.1, -0.05) is 0 Å². The van der Waals surface area contributed by atoms with Crippen LogP contribution < -0.4 is 4.74 Å². The molecule has 0 aliphatic carbocycles. The van der Waals surface area contributed by atoms with Crippen molar-refractivity contribution in [2.24, 2.45) is 0 Å². The van der Waals surface area contributed by atoms with E-state index in [4.69, 9.17) is 16.3 Å². The highest BCUT2D eigenvalue weighted by Gasteiger charge is 2.07. The van der Waals surface area contributed by atoms with Gasteiger partial charge < -0.3 is 9.47 Å². The van der Waals surface area contributed by atoms with Crippen molar-refractivity contribution in [1.29, 1.82) is 0 Å². The molecule has 0 atom stereocenters. The molecule has 0 unspecified atom stereocenters. The van der Waals surface area contributed by atoms with Crippen LogP contribution in [0.1, 0.15) is 17.4 Å². The molecular weight excluding hydrogens is 230 g/mol. The number of aromatic nitrogens is 1. The lowest BCUT2D eigenvalue weighted by atomic mass is 10.3. The SMILES string of the molecule is CC=C(CCl)Oc1ccc(C(=O)OC)nc1. The smallest absolute Gasteiger partial charge is 0.356 e. The van der Waals surface area contributed by atoms with Crippen LogP contribution in [0.2, 0.25) is 0 Å². The van der Waals surface area contributed by atoms with Crippen molar-refractivity contribution in [3.05, 3.63) is 35.9 Å². The van der Waals surface area contributed by atoms with E-state index in [2.05, 4.69) is 9.72 Å². The van der Waals surface area contributed by atoms with E-state index in [0.29, 0.717) is 11.5 Å². The summed E-state index contributed by atoms with van der Waals surface area (Å²) in [4.78, 5) is 15.0. The fourth-order valence-corrected chi connectivity index (χ4v) is 1.19. The van der Waals surface area contributed by atoms with Gasteiger partial charge in [0.1, 0.15) is 17.2 Å². The molecule has 86 valence electrons. The van der Waals surface area contributed by atoms with E-state index in [9.17, 15) is 4.79 Å². The van der Waals surface area contributed by atoms with Crippen molar-refractivity contribution in [2.45, 2.75) is 6.92 Å². The summed E-state index contributed by atoms with van der Waals surface area (Å²) >= 11 is 5.63. The zero-order chi connectivity index (χ0) is 12.0. The standard InChI is InChI=1S/C11H12ClNO3/c1-3-8(6-12)16-9-4-5-10(13-7-9)11(14)15-2/h3-5,7H,6H2,1-2H3. The van der Waals surface area contributed by atoms with Crippen molar-refractivity contribution in [3.8, 4) is 5.75 Å². The molecule has 0 saturated carbocycles. The Labute approximate surface area is 98.8 Å². The molecule has 0 aliphatic heterocycles. The number of esters is 1. The monoisotopic (exact) mass is 241 g/mol. The fraction of sp³-hybridized carbons (Fsp3) is 0.273. The average Bonchev–Trinajstić information content (AvgIpc) is 2.35. The second-order valence-corrected chi connectivity index (χ2v) is 3.13. The lowest BCUT2D eigenvalue weighted by Gasteiger charge is -2.06.